The molecule has 0 aliphatic carbocycles. The van der Waals surface area contributed by atoms with Gasteiger partial charge in [0.25, 0.3) is 5.91 Å². The summed E-state index contributed by atoms with van der Waals surface area (Å²) in [5.41, 5.74) is 1.06. The molecule has 0 fully saturated rings. The van der Waals surface area contributed by atoms with Gasteiger partial charge in [0.2, 0.25) is 0 Å². The van der Waals surface area contributed by atoms with Crippen molar-refractivity contribution in [3.05, 3.63) is 60.3 Å². The van der Waals surface area contributed by atoms with E-state index in [1.54, 1.807) is 24.3 Å². The minimum absolute atomic E-state index is 0.272. The van der Waals surface area contributed by atoms with Crippen molar-refractivity contribution in [3.63, 3.8) is 0 Å². The van der Waals surface area contributed by atoms with Gasteiger partial charge in [0.05, 0.1) is 11.9 Å². The lowest BCUT2D eigenvalue weighted by atomic mass is 10.2. The number of aromatic nitrogens is 5. The SMILES string of the molecule is O=C(Nc1ccc(F)cn1)c1cccc(-n2cnnn2)c1. The molecule has 1 N–H and O–H groups in total. The van der Waals surface area contributed by atoms with Crippen LogP contribution in [0.1, 0.15) is 10.4 Å². The Kier molecular flexibility index (Phi) is 3.34. The van der Waals surface area contributed by atoms with Gasteiger partial charge in [0.15, 0.2) is 0 Å². The molecule has 3 aromatic rings. The minimum atomic E-state index is -0.464. The smallest absolute Gasteiger partial charge is 0.256 e. The third-order valence-electron chi connectivity index (χ3n) is 2.69. The highest BCUT2D eigenvalue weighted by atomic mass is 19.1. The molecule has 0 aliphatic rings. The first-order chi connectivity index (χ1) is 10.2. The van der Waals surface area contributed by atoms with E-state index in [1.807, 2.05) is 0 Å². The molecule has 3 rings (SSSR count). The normalized spacial score (nSPS) is 10.3. The number of halogens is 1. The zero-order valence-electron chi connectivity index (χ0n) is 10.6. The Hall–Kier alpha value is -3.16. The van der Waals surface area contributed by atoms with E-state index < -0.39 is 5.82 Å². The maximum absolute atomic E-state index is 12.8. The number of nitrogens with one attached hydrogen (secondary N) is 1. The van der Waals surface area contributed by atoms with Gasteiger partial charge in [0, 0.05) is 5.56 Å². The van der Waals surface area contributed by atoms with Gasteiger partial charge in [-0.25, -0.2) is 14.1 Å². The molecule has 21 heavy (non-hydrogen) atoms. The second-order valence-corrected chi connectivity index (χ2v) is 4.12. The van der Waals surface area contributed by atoms with Gasteiger partial charge < -0.3 is 5.32 Å². The minimum Gasteiger partial charge on any atom is -0.307 e. The van der Waals surface area contributed by atoms with E-state index in [0.717, 1.165) is 6.20 Å². The molecule has 0 atom stereocenters. The molecule has 1 aromatic carbocycles. The van der Waals surface area contributed by atoms with Crippen molar-refractivity contribution in [1.29, 1.82) is 0 Å². The first-order valence-electron chi connectivity index (χ1n) is 5.99. The van der Waals surface area contributed by atoms with Gasteiger partial charge in [0.1, 0.15) is 18.0 Å². The number of hydrogen-bond acceptors (Lipinski definition) is 5. The van der Waals surface area contributed by atoms with Gasteiger partial charge in [-0.05, 0) is 40.8 Å². The summed E-state index contributed by atoms with van der Waals surface area (Å²) in [4.78, 5) is 15.9. The topological polar surface area (TPSA) is 85.6 Å². The summed E-state index contributed by atoms with van der Waals surface area (Å²) in [6.07, 6.45) is 2.46. The molecule has 0 aliphatic heterocycles. The molecule has 1 amide bonds. The number of tetrazole rings is 1. The van der Waals surface area contributed by atoms with Crippen molar-refractivity contribution in [1.82, 2.24) is 25.2 Å². The number of hydrogen-bond donors (Lipinski definition) is 1. The predicted octanol–water partition coefficient (Wildman–Crippen LogP) is 1.45. The fourth-order valence-corrected chi connectivity index (χ4v) is 1.71. The summed E-state index contributed by atoms with van der Waals surface area (Å²) in [5.74, 6) is -0.549. The number of carbonyl (C=O) groups excluding carboxylic acids is 1. The van der Waals surface area contributed by atoms with Crippen LogP contribution in [0, 0.1) is 5.82 Å². The van der Waals surface area contributed by atoms with Crippen LogP contribution in [0.5, 0.6) is 0 Å². The summed E-state index contributed by atoms with van der Waals surface area (Å²) >= 11 is 0. The fourth-order valence-electron chi connectivity index (χ4n) is 1.71. The Morgan fingerprint density at radius 3 is 2.86 bits per heavy atom. The number of nitrogens with zero attached hydrogens (tertiary/aromatic N) is 5. The van der Waals surface area contributed by atoms with Crippen LogP contribution in [0.25, 0.3) is 5.69 Å². The number of carbonyl (C=O) groups is 1. The van der Waals surface area contributed by atoms with Crippen molar-refractivity contribution in [2.75, 3.05) is 5.32 Å². The first kappa shape index (κ1) is 12.9. The number of rotatable bonds is 3. The number of pyridine rings is 1. The highest BCUT2D eigenvalue weighted by Crippen LogP contribution is 2.11. The van der Waals surface area contributed by atoms with Crippen molar-refractivity contribution in [3.8, 4) is 5.69 Å². The molecular formula is C13H9FN6O. The Morgan fingerprint density at radius 1 is 1.24 bits per heavy atom. The van der Waals surface area contributed by atoms with Crippen molar-refractivity contribution in [2.24, 2.45) is 0 Å². The van der Waals surface area contributed by atoms with Crippen molar-refractivity contribution in [2.45, 2.75) is 0 Å². The van der Waals surface area contributed by atoms with Gasteiger partial charge in [-0.3, -0.25) is 4.79 Å². The van der Waals surface area contributed by atoms with E-state index in [1.165, 1.54) is 23.1 Å². The summed E-state index contributed by atoms with van der Waals surface area (Å²) in [7, 11) is 0. The molecule has 0 spiro atoms. The summed E-state index contributed by atoms with van der Waals surface area (Å²) in [6.45, 7) is 0. The Balaban J connectivity index is 1.81. The zero-order chi connectivity index (χ0) is 14.7. The van der Waals surface area contributed by atoms with E-state index in [4.69, 9.17) is 0 Å². The van der Waals surface area contributed by atoms with Gasteiger partial charge in [-0.15, -0.1) is 5.10 Å². The lowest BCUT2D eigenvalue weighted by Gasteiger charge is -2.06. The zero-order valence-corrected chi connectivity index (χ0v) is 10.6. The Bertz CT molecular complexity index is 757. The molecule has 0 saturated heterocycles. The van der Waals surface area contributed by atoms with Crippen molar-refractivity contribution >= 4 is 11.7 Å². The van der Waals surface area contributed by atoms with Crippen LogP contribution in [-0.2, 0) is 0 Å². The average Bonchev–Trinajstić information content (AvgIpc) is 3.04. The van der Waals surface area contributed by atoms with E-state index in [2.05, 4.69) is 25.8 Å². The van der Waals surface area contributed by atoms with Crippen LogP contribution in [0.15, 0.2) is 48.9 Å². The molecule has 104 valence electrons. The quantitative estimate of drug-likeness (QED) is 0.786. The standard InChI is InChI=1S/C13H9FN6O/c14-10-4-5-12(15-7-10)17-13(21)9-2-1-3-11(6-9)20-8-16-18-19-20/h1-8H,(H,15,17,21). The van der Waals surface area contributed by atoms with Gasteiger partial charge in [-0.1, -0.05) is 6.07 Å². The molecule has 0 bridgehead atoms. The molecule has 0 radical (unpaired) electrons. The maximum atomic E-state index is 12.8. The van der Waals surface area contributed by atoms with E-state index in [9.17, 15) is 9.18 Å². The Morgan fingerprint density at radius 2 is 2.14 bits per heavy atom. The lowest BCUT2D eigenvalue weighted by Crippen LogP contribution is -2.13. The first-order valence-corrected chi connectivity index (χ1v) is 5.99. The van der Waals surface area contributed by atoms with Gasteiger partial charge >= 0.3 is 0 Å². The van der Waals surface area contributed by atoms with Crippen LogP contribution >= 0.6 is 0 Å². The molecule has 2 aromatic heterocycles. The van der Waals surface area contributed by atoms with E-state index in [-0.39, 0.29) is 11.7 Å². The summed E-state index contributed by atoms with van der Waals surface area (Å²) < 4.78 is 14.2. The third kappa shape index (κ3) is 2.89. The third-order valence-corrected chi connectivity index (χ3v) is 2.69. The molecule has 8 heteroatoms. The number of benzene rings is 1. The average molecular weight is 284 g/mol. The lowest BCUT2D eigenvalue weighted by molar-refractivity contribution is 0.102. The number of amides is 1. The largest absolute Gasteiger partial charge is 0.307 e. The summed E-state index contributed by atoms with van der Waals surface area (Å²) in [6, 6.07) is 9.37. The maximum Gasteiger partial charge on any atom is 0.256 e. The second-order valence-electron chi connectivity index (χ2n) is 4.12. The van der Waals surface area contributed by atoms with E-state index >= 15 is 0 Å². The van der Waals surface area contributed by atoms with Crippen LogP contribution in [0.2, 0.25) is 0 Å². The van der Waals surface area contributed by atoms with Gasteiger partial charge in [-0.2, -0.15) is 0 Å². The van der Waals surface area contributed by atoms with E-state index in [0.29, 0.717) is 11.3 Å². The van der Waals surface area contributed by atoms with Crippen molar-refractivity contribution < 1.29 is 9.18 Å². The predicted molar refractivity (Wildman–Crippen MR) is 71.3 cm³/mol. The molecule has 0 unspecified atom stereocenters. The van der Waals surface area contributed by atoms with Crippen LogP contribution in [0.4, 0.5) is 10.2 Å². The molecule has 7 nitrogen and oxygen atoms in total. The highest BCUT2D eigenvalue weighted by Gasteiger charge is 2.08. The number of anilines is 1. The van der Waals surface area contributed by atoms with Crippen LogP contribution < -0.4 is 5.32 Å². The Labute approximate surface area is 118 Å². The molecular weight excluding hydrogens is 275 g/mol. The molecule has 0 saturated carbocycles. The second kappa shape index (κ2) is 5.45. The molecule has 2 heterocycles. The summed E-state index contributed by atoms with van der Waals surface area (Å²) in [5, 5.41) is 13.4. The monoisotopic (exact) mass is 284 g/mol. The fraction of sp³-hybridized carbons (Fsp3) is 0. The highest BCUT2D eigenvalue weighted by molar-refractivity contribution is 6.04. The van der Waals surface area contributed by atoms with Crippen LogP contribution in [0.3, 0.4) is 0 Å². The van der Waals surface area contributed by atoms with Crippen LogP contribution in [-0.4, -0.2) is 31.1 Å².